The van der Waals surface area contributed by atoms with Crippen LogP contribution in [-0.4, -0.2) is 24.0 Å². The average molecular weight is 344 g/mol. The third-order valence-electron chi connectivity index (χ3n) is 3.33. The minimum atomic E-state index is -3.74. The van der Waals surface area contributed by atoms with Crippen LogP contribution in [0.1, 0.15) is 11.1 Å². The number of rotatable bonds is 6. The molecule has 0 spiro atoms. The molecule has 2 N–H and O–H groups in total. The molecule has 2 atom stereocenters. The van der Waals surface area contributed by atoms with Gasteiger partial charge < -0.3 is 18.8 Å². The van der Waals surface area contributed by atoms with E-state index in [-0.39, 0.29) is 12.3 Å². The normalized spacial score (nSPS) is 17.1. The van der Waals surface area contributed by atoms with Gasteiger partial charge in [0.25, 0.3) is 0 Å². The molecule has 0 radical (unpaired) electrons. The van der Waals surface area contributed by atoms with Gasteiger partial charge >= 0.3 is 15.2 Å². The van der Waals surface area contributed by atoms with Crippen molar-refractivity contribution in [1.29, 1.82) is 0 Å². The van der Waals surface area contributed by atoms with E-state index in [4.69, 9.17) is 0 Å². The largest absolute Gasteiger partial charge is 0.332 e. The lowest BCUT2D eigenvalue weighted by Gasteiger charge is -2.14. The van der Waals surface area contributed by atoms with Crippen LogP contribution < -0.4 is 0 Å². The summed E-state index contributed by atoms with van der Waals surface area (Å²) in [5.41, 5.74) is 1.16. The zero-order valence-corrected chi connectivity index (χ0v) is 14.1. The van der Waals surface area contributed by atoms with E-state index in [2.05, 4.69) is 9.05 Å². The first-order valence-electron chi connectivity index (χ1n) is 6.52. The Bertz CT molecular complexity index is 773. The second-order valence-electron chi connectivity index (χ2n) is 4.93. The van der Waals surface area contributed by atoms with Crippen molar-refractivity contribution in [2.75, 3.05) is 14.2 Å². The van der Waals surface area contributed by atoms with E-state index in [0.717, 1.165) is 10.8 Å². The van der Waals surface area contributed by atoms with Crippen LogP contribution in [0.2, 0.25) is 0 Å². The predicted molar refractivity (Wildman–Crippen MR) is 85.0 cm³/mol. The summed E-state index contributed by atoms with van der Waals surface area (Å²) >= 11 is 0. The molecular formula is C14H18O6P2. The Labute approximate surface area is 128 Å². The molecule has 22 heavy (non-hydrogen) atoms. The lowest BCUT2D eigenvalue weighted by Crippen LogP contribution is -1.96. The fourth-order valence-electron chi connectivity index (χ4n) is 2.26. The highest BCUT2D eigenvalue weighted by atomic mass is 31.2. The molecule has 0 fully saturated rings. The first-order valence-corrected chi connectivity index (χ1v) is 10.0. The van der Waals surface area contributed by atoms with E-state index >= 15 is 0 Å². The van der Waals surface area contributed by atoms with Gasteiger partial charge in [-0.3, -0.25) is 9.13 Å². The summed E-state index contributed by atoms with van der Waals surface area (Å²) < 4.78 is 32.8. The van der Waals surface area contributed by atoms with Crippen LogP contribution in [0.4, 0.5) is 0 Å². The highest BCUT2D eigenvalue weighted by Crippen LogP contribution is 2.48. The highest BCUT2D eigenvalue weighted by Gasteiger charge is 2.22. The van der Waals surface area contributed by atoms with Crippen LogP contribution in [0, 0.1) is 0 Å². The summed E-state index contributed by atoms with van der Waals surface area (Å²) in [6, 6.07) is 10.7. The molecule has 0 aromatic heterocycles. The van der Waals surface area contributed by atoms with Gasteiger partial charge in [0.15, 0.2) is 0 Å². The van der Waals surface area contributed by atoms with Gasteiger partial charge in [-0.2, -0.15) is 0 Å². The predicted octanol–water partition coefficient (Wildman–Crippen LogP) is 3.50. The van der Waals surface area contributed by atoms with E-state index in [1.807, 2.05) is 24.3 Å². The van der Waals surface area contributed by atoms with Crippen molar-refractivity contribution >= 4 is 26.0 Å². The molecule has 0 aliphatic carbocycles. The Balaban J connectivity index is 2.53. The second-order valence-corrected chi connectivity index (χ2v) is 8.84. The third-order valence-corrected chi connectivity index (χ3v) is 5.98. The van der Waals surface area contributed by atoms with E-state index in [9.17, 15) is 18.9 Å². The fourth-order valence-corrected chi connectivity index (χ4v) is 3.85. The molecule has 0 aliphatic rings. The standard InChI is InChI=1S/C14H18O6P2/c1-19-21(15,16)9-11-7-12-5-3-4-6-14(12)13(8-11)10-22(17,18)20-2/h3-8H,9-10H2,1-2H3,(H,15,16)(H,17,18). The van der Waals surface area contributed by atoms with Crippen molar-refractivity contribution in [2.24, 2.45) is 0 Å². The minimum absolute atomic E-state index is 0.163. The monoisotopic (exact) mass is 344 g/mol. The van der Waals surface area contributed by atoms with Crippen molar-refractivity contribution in [3.8, 4) is 0 Å². The molecule has 0 bridgehead atoms. The highest BCUT2D eigenvalue weighted by molar-refractivity contribution is 7.52. The van der Waals surface area contributed by atoms with Crippen LogP contribution in [0.15, 0.2) is 36.4 Å². The number of fused-ring (bicyclic) bond motifs is 1. The molecular weight excluding hydrogens is 326 g/mol. The summed E-state index contributed by atoms with van der Waals surface area (Å²) in [4.78, 5) is 19.3. The van der Waals surface area contributed by atoms with Gasteiger partial charge in [0.2, 0.25) is 0 Å². The lowest BCUT2D eigenvalue weighted by molar-refractivity contribution is 0.314. The quantitative estimate of drug-likeness (QED) is 0.779. The van der Waals surface area contributed by atoms with Crippen LogP contribution in [0.3, 0.4) is 0 Å². The number of benzene rings is 2. The molecule has 2 aromatic rings. The smallest absolute Gasteiger partial charge is 0.324 e. The molecule has 2 aromatic carbocycles. The lowest BCUT2D eigenvalue weighted by atomic mass is 10.0. The second kappa shape index (κ2) is 6.63. The molecule has 6 nitrogen and oxygen atoms in total. The molecule has 8 heteroatoms. The molecule has 0 saturated heterocycles. The Morgan fingerprint density at radius 3 is 2.18 bits per heavy atom. The first kappa shape index (κ1) is 17.4. The number of hydrogen-bond acceptors (Lipinski definition) is 4. The fraction of sp³-hybridized carbons (Fsp3) is 0.286. The van der Waals surface area contributed by atoms with Crippen molar-refractivity contribution in [3.05, 3.63) is 47.5 Å². The first-order chi connectivity index (χ1) is 10.3. The van der Waals surface area contributed by atoms with Crippen molar-refractivity contribution in [3.63, 3.8) is 0 Å². The summed E-state index contributed by atoms with van der Waals surface area (Å²) in [6.07, 6.45) is -0.329. The SMILES string of the molecule is COP(=O)(O)Cc1cc(CP(=O)(O)OC)c2ccccc2c1. The molecule has 0 aliphatic heterocycles. The Kier molecular flexibility index (Phi) is 5.23. The zero-order chi connectivity index (χ0) is 16.4. The van der Waals surface area contributed by atoms with E-state index in [1.54, 1.807) is 12.1 Å². The van der Waals surface area contributed by atoms with Crippen molar-refractivity contribution in [1.82, 2.24) is 0 Å². The van der Waals surface area contributed by atoms with Gasteiger partial charge in [0, 0.05) is 14.2 Å². The van der Waals surface area contributed by atoms with Gasteiger partial charge in [-0.25, -0.2) is 0 Å². The molecule has 0 saturated carbocycles. The van der Waals surface area contributed by atoms with Gasteiger partial charge in [0.05, 0.1) is 12.3 Å². The molecule has 2 unspecified atom stereocenters. The molecule has 0 amide bonds. The third kappa shape index (κ3) is 4.26. The maximum Gasteiger partial charge on any atom is 0.332 e. The summed E-state index contributed by atoms with van der Waals surface area (Å²) in [7, 11) is -5.10. The van der Waals surface area contributed by atoms with Crippen LogP contribution in [-0.2, 0) is 30.5 Å². The van der Waals surface area contributed by atoms with E-state index in [1.165, 1.54) is 14.2 Å². The summed E-state index contributed by atoms with van der Waals surface area (Å²) in [5.74, 6) is 0. The van der Waals surface area contributed by atoms with Crippen LogP contribution >= 0.6 is 15.2 Å². The molecule has 0 heterocycles. The topological polar surface area (TPSA) is 93.1 Å². The average Bonchev–Trinajstić information content (AvgIpc) is 2.46. The van der Waals surface area contributed by atoms with Crippen molar-refractivity contribution < 1.29 is 28.0 Å². The maximum atomic E-state index is 11.9. The van der Waals surface area contributed by atoms with E-state index < -0.39 is 15.2 Å². The van der Waals surface area contributed by atoms with Gasteiger partial charge in [0.1, 0.15) is 0 Å². The zero-order valence-electron chi connectivity index (χ0n) is 12.3. The Morgan fingerprint density at radius 1 is 0.955 bits per heavy atom. The number of hydrogen-bond donors (Lipinski definition) is 2. The Hall–Kier alpha value is -1.00. The summed E-state index contributed by atoms with van der Waals surface area (Å²) in [5, 5.41) is 1.63. The van der Waals surface area contributed by atoms with Gasteiger partial charge in [-0.05, 0) is 21.9 Å². The van der Waals surface area contributed by atoms with Crippen LogP contribution in [0.5, 0.6) is 0 Å². The van der Waals surface area contributed by atoms with Crippen molar-refractivity contribution in [2.45, 2.75) is 12.3 Å². The summed E-state index contributed by atoms with van der Waals surface area (Å²) in [6.45, 7) is 0. The molecule has 120 valence electrons. The van der Waals surface area contributed by atoms with E-state index in [0.29, 0.717) is 11.1 Å². The minimum Gasteiger partial charge on any atom is -0.324 e. The Morgan fingerprint density at radius 2 is 1.55 bits per heavy atom. The molecule has 2 rings (SSSR count). The maximum absolute atomic E-state index is 11.9. The van der Waals surface area contributed by atoms with Crippen LogP contribution in [0.25, 0.3) is 10.8 Å². The van der Waals surface area contributed by atoms with Gasteiger partial charge in [-0.15, -0.1) is 0 Å². The van der Waals surface area contributed by atoms with Gasteiger partial charge in [-0.1, -0.05) is 36.4 Å².